The summed E-state index contributed by atoms with van der Waals surface area (Å²) in [6.07, 6.45) is 1.63. The van der Waals surface area contributed by atoms with Crippen LogP contribution in [0.3, 0.4) is 0 Å². The SMILES string of the molecule is CC.COc1cc(C(C)C)ccc1C(=O)Nc1ccccn1. The maximum absolute atomic E-state index is 12.2. The number of amides is 1. The molecule has 4 heteroatoms. The summed E-state index contributed by atoms with van der Waals surface area (Å²) < 4.78 is 5.31. The van der Waals surface area contributed by atoms with Crippen molar-refractivity contribution in [1.29, 1.82) is 0 Å². The molecular weight excluding hydrogens is 276 g/mol. The van der Waals surface area contributed by atoms with Gasteiger partial charge in [-0.1, -0.05) is 39.8 Å². The molecule has 1 aromatic heterocycles. The molecule has 1 aromatic carbocycles. The summed E-state index contributed by atoms with van der Waals surface area (Å²) in [7, 11) is 1.57. The van der Waals surface area contributed by atoms with Crippen LogP contribution in [0.25, 0.3) is 0 Å². The van der Waals surface area contributed by atoms with Gasteiger partial charge in [-0.15, -0.1) is 0 Å². The van der Waals surface area contributed by atoms with Crippen LogP contribution in [0.4, 0.5) is 5.82 Å². The van der Waals surface area contributed by atoms with Crippen molar-refractivity contribution in [3.05, 3.63) is 53.7 Å². The first kappa shape index (κ1) is 17.7. The molecule has 22 heavy (non-hydrogen) atoms. The number of methoxy groups -OCH3 is 1. The van der Waals surface area contributed by atoms with Crippen molar-refractivity contribution in [2.24, 2.45) is 0 Å². The zero-order valence-electron chi connectivity index (χ0n) is 13.9. The van der Waals surface area contributed by atoms with E-state index < -0.39 is 0 Å². The van der Waals surface area contributed by atoms with Crippen molar-refractivity contribution in [1.82, 2.24) is 4.98 Å². The van der Waals surface area contributed by atoms with Crippen LogP contribution in [-0.2, 0) is 0 Å². The maximum atomic E-state index is 12.2. The van der Waals surface area contributed by atoms with E-state index in [4.69, 9.17) is 4.74 Å². The molecule has 4 nitrogen and oxygen atoms in total. The van der Waals surface area contributed by atoms with Gasteiger partial charge >= 0.3 is 0 Å². The van der Waals surface area contributed by atoms with Gasteiger partial charge in [-0.3, -0.25) is 4.79 Å². The van der Waals surface area contributed by atoms with Gasteiger partial charge in [0.25, 0.3) is 5.91 Å². The third kappa shape index (κ3) is 4.58. The van der Waals surface area contributed by atoms with Gasteiger partial charge in [-0.2, -0.15) is 0 Å². The van der Waals surface area contributed by atoms with Gasteiger partial charge in [-0.05, 0) is 35.7 Å². The van der Waals surface area contributed by atoms with E-state index in [-0.39, 0.29) is 5.91 Å². The number of nitrogens with zero attached hydrogens (tertiary/aromatic N) is 1. The monoisotopic (exact) mass is 300 g/mol. The Morgan fingerprint density at radius 1 is 1.18 bits per heavy atom. The Labute approximate surface area is 132 Å². The van der Waals surface area contributed by atoms with E-state index >= 15 is 0 Å². The van der Waals surface area contributed by atoms with Gasteiger partial charge in [0, 0.05) is 6.20 Å². The average molecular weight is 300 g/mol. The summed E-state index contributed by atoms with van der Waals surface area (Å²) in [5, 5.41) is 2.75. The molecule has 0 fully saturated rings. The van der Waals surface area contributed by atoms with E-state index in [2.05, 4.69) is 24.1 Å². The average Bonchev–Trinajstić information content (AvgIpc) is 2.56. The van der Waals surface area contributed by atoms with Crippen LogP contribution in [0, 0.1) is 0 Å². The van der Waals surface area contributed by atoms with Crippen LogP contribution in [-0.4, -0.2) is 18.0 Å². The highest BCUT2D eigenvalue weighted by molar-refractivity contribution is 6.05. The molecule has 118 valence electrons. The predicted molar refractivity (Wildman–Crippen MR) is 90.6 cm³/mol. The number of carbonyl (C=O) groups excluding carboxylic acids is 1. The number of rotatable bonds is 4. The van der Waals surface area contributed by atoms with Gasteiger partial charge in [-0.25, -0.2) is 4.98 Å². The molecule has 0 unspecified atom stereocenters. The van der Waals surface area contributed by atoms with Crippen molar-refractivity contribution in [3.63, 3.8) is 0 Å². The third-order valence-corrected chi connectivity index (χ3v) is 3.04. The van der Waals surface area contributed by atoms with E-state index in [0.29, 0.717) is 23.0 Å². The molecule has 0 bridgehead atoms. The first-order valence-electron chi connectivity index (χ1n) is 7.52. The van der Waals surface area contributed by atoms with Crippen molar-refractivity contribution >= 4 is 11.7 Å². The molecule has 0 aliphatic rings. The second-order valence-electron chi connectivity index (χ2n) is 4.78. The van der Waals surface area contributed by atoms with Crippen LogP contribution >= 0.6 is 0 Å². The highest BCUT2D eigenvalue weighted by atomic mass is 16.5. The van der Waals surface area contributed by atoms with Crippen molar-refractivity contribution in [3.8, 4) is 5.75 Å². The Balaban J connectivity index is 0.00000116. The van der Waals surface area contributed by atoms with Gasteiger partial charge in [0.15, 0.2) is 0 Å². The molecular formula is C18H24N2O2. The molecule has 0 saturated carbocycles. The molecule has 0 aliphatic heterocycles. The first-order chi connectivity index (χ1) is 10.6. The third-order valence-electron chi connectivity index (χ3n) is 3.04. The summed E-state index contributed by atoms with van der Waals surface area (Å²) in [4.78, 5) is 16.3. The number of anilines is 1. The van der Waals surface area contributed by atoms with Crippen LogP contribution in [0.5, 0.6) is 5.75 Å². The standard InChI is InChI=1S/C16H18N2O2.C2H6/c1-11(2)12-7-8-13(14(10-12)20-3)16(19)18-15-6-4-5-9-17-15;1-2/h4-11H,1-3H3,(H,17,18,19);1-2H3. The second-order valence-corrected chi connectivity index (χ2v) is 4.78. The lowest BCUT2D eigenvalue weighted by atomic mass is 10.0. The van der Waals surface area contributed by atoms with Gasteiger partial charge < -0.3 is 10.1 Å². The topological polar surface area (TPSA) is 51.2 Å². The zero-order valence-corrected chi connectivity index (χ0v) is 13.9. The number of ether oxygens (including phenoxy) is 1. The molecule has 0 atom stereocenters. The Bertz CT molecular complexity index is 595. The van der Waals surface area contributed by atoms with Crippen LogP contribution in [0.2, 0.25) is 0 Å². The number of benzene rings is 1. The quantitative estimate of drug-likeness (QED) is 0.905. The summed E-state index contributed by atoms with van der Waals surface area (Å²) in [6, 6.07) is 11.0. The van der Waals surface area contributed by atoms with E-state index in [0.717, 1.165) is 5.56 Å². The number of hydrogen-bond donors (Lipinski definition) is 1. The van der Waals surface area contributed by atoms with Gasteiger partial charge in [0.2, 0.25) is 0 Å². The Kier molecular flexibility index (Phi) is 7.09. The van der Waals surface area contributed by atoms with Crippen molar-refractivity contribution in [2.45, 2.75) is 33.6 Å². The fourth-order valence-corrected chi connectivity index (χ4v) is 1.87. The highest BCUT2D eigenvalue weighted by Crippen LogP contribution is 2.25. The molecule has 2 rings (SSSR count). The Morgan fingerprint density at radius 2 is 1.91 bits per heavy atom. The minimum atomic E-state index is -0.226. The molecule has 0 saturated heterocycles. The number of carbonyl (C=O) groups is 1. The fraction of sp³-hybridized carbons (Fsp3) is 0.333. The predicted octanol–water partition coefficient (Wildman–Crippen LogP) is 4.49. The van der Waals surface area contributed by atoms with E-state index in [1.165, 1.54) is 0 Å². The van der Waals surface area contributed by atoms with Crippen molar-refractivity contribution in [2.75, 3.05) is 12.4 Å². The largest absolute Gasteiger partial charge is 0.496 e. The minimum Gasteiger partial charge on any atom is -0.496 e. The lowest BCUT2D eigenvalue weighted by Gasteiger charge is -2.12. The summed E-state index contributed by atoms with van der Waals surface area (Å²) in [6.45, 7) is 8.20. The summed E-state index contributed by atoms with van der Waals surface area (Å²) in [5.74, 6) is 1.25. The molecule has 1 N–H and O–H groups in total. The van der Waals surface area contributed by atoms with Crippen LogP contribution in [0.15, 0.2) is 42.6 Å². The Hall–Kier alpha value is -2.36. The van der Waals surface area contributed by atoms with Gasteiger partial charge in [0.05, 0.1) is 12.7 Å². The van der Waals surface area contributed by atoms with Crippen molar-refractivity contribution < 1.29 is 9.53 Å². The number of nitrogens with one attached hydrogen (secondary N) is 1. The lowest BCUT2D eigenvalue weighted by molar-refractivity contribution is 0.102. The first-order valence-corrected chi connectivity index (χ1v) is 7.52. The van der Waals surface area contributed by atoms with E-state index in [1.54, 1.807) is 31.5 Å². The Morgan fingerprint density at radius 3 is 2.45 bits per heavy atom. The molecule has 1 amide bonds. The summed E-state index contributed by atoms with van der Waals surface area (Å²) in [5.41, 5.74) is 1.64. The zero-order chi connectivity index (χ0) is 16.5. The van der Waals surface area contributed by atoms with Crippen LogP contribution < -0.4 is 10.1 Å². The number of hydrogen-bond acceptors (Lipinski definition) is 3. The maximum Gasteiger partial charge on any atom is 0.260 e. The number of aromatic nitrogens is 1. The summed E-state index contributed by atoms with van der Waals surface area (Å²) >= 11 is 0. The molecule has 2 aromatic rings. The van der Waals surface area contributed by atoms with Gasteiger partial charge in [0.1, 0.15) is 11.6 Å². The lowest BCUT2D eigenvalue weighted by Crippen LogP contribution is -2.14. The molecule has 1 heterocycles. The molecule has 0 radical (unpaired) electrons. The molecule has 0 aliphatic carbocycles. The minimum absolute atomic E-state index is 0.226. The fourth-order valence-electron chi connectivity index (χ4n) is 1.87. The highest BCUT2D eigenvalue weighted by Gasteiger charge is 2.14. The van der Waals surface area contributed by atoms with E-state index in [1.807, 2.05) is 32.0 Å². The van der Waals surface area contributed by atoms with Crippen LogP contribution in [0.1, 0.15) is 49.5 Å². The second kappa shape index (κ2) is 8.82. The smallest absolute Gasteiger partial charge is 0.260 e. The van der Waals surface area contributed by atoms with E-state index in [9.17, 15) is 4.79 Å². The normalized spacial score (nSPS) is 9.73. The molecule has 0 spiro atoms. The number of pyridine rings is 1.